The summed E-state index contributed by atoms with van der Waals surface area (Å²) in [5.74, 6) is 0.1000. The van der Waals surface area contributed by atoms with Gasteiger partial charge in [-0.2, -0.15) is 0 Å². The molecule has 0 saturated heterocycles. The van der Waals surface area contributed by atoms with Gasteiger partial charge in [-0.05, 0) is 25.3 Å². The summed E-state index contributed by atoms with van der Waals surface area (Å²) < 4.78 is 0. The van der Waals surface area contributed by atoms with Gasteiger partial charge in [0.05, 0.1) is 10.3 Å². The summed E-state index contributed by atoms with van der Waals surface area (Å²) in [5.41, 5.74) is 0.413. The predicted octanol–water partition coefficient (Wildman–Crippen LogP) is 2.22. The van der Waals surface area contributed by atoms with Crippen LogP contribution < -0.4 is 0 Å². The normalized spacial score (nSPS) is 17.1. The fourth-order valence-corrected chi connectivity index (χ4v) is 1.89. The molecule has 0 heterocycles. The summed E-state index contributed by atoms with van der Waals surface area (Å²) in [6.45, 7) is 1.55. The van der Waals surface area contributed by atoms with E-state index in [2.05, 4.69) is 0 Å². The van der Waals surface area contributed by atoms with Crippen LogP contribution in [0.25, 0.3) is 0 Å². The first-order valence-electron chi connectivity index (χ1n) is 4.82. The van der Waals surface area contributed by atoms with Crippen molar-refractivity contribution in [2.75, 3.05) is 0 Å². The number of carbonyl (C=O) groups excluding carboxylic acids is 1. The second kappa shape index (κ2) is 3.15. The topological polar surface area (TPSA) is 60.2 Å². The van der Waals surface area contributed by atoms with Gasteiger partial charge in [0.1, 0.15) is 5.78 Å². The van der Waals surface area contributed by atoms with E-state index in [1.165, 1.54) is 12.1 Å². The third-order valence-electron chi connectivity index (χ3n) is 3.03. The van der Waals surface area contributed by atoms with E-state index in [0.717, 1.165) is 18.4 Å². The second-order valence-corrected chi connectivity index (χ2v) is 3.95. The van der Waals surface area contributed by atoms with Gasteiger partial charge in [0.2, 0.25) is 0 Å². The largest absolute Gasteiger partial charge is 0.299 e. The molecule has 0 bridgehead atoms. The molecule has 0 spiro atoms. The van der Waals surface area contributed by atoms with Gasteiger partial charge in [0.25, 0.3) is 5.69 Å². The van der Waals surface area contributed by atoms with E-state index >= 15 is 0 Å². The van der Waals surface area contributed by atoms with E-state index in [-0.39, 0.29) is 11.5 Å². The number of benzene rings is 1. The SMILES string of the molecule is CC(=O)C1(c2cccc([N+](=O)[O-])c2)CC1. The first-order chi connectivity index (χ1) is 7.06. The minimum Gasteiger partial charge on any atom is -0.299 e. The Morgan fingerprint density at radius 1 is 1.47 bits per heavy atom. The number of carbonyl (C=O) groups is 1. The average molecular weight is 205 g/mol. The van der Waals surface area contributed by atoms with Crippen LogP contribution in [-0.4, -0.2) is 10.7 Å². The molecule has 78 valence electrons. The fraction of sp³-hybridized carbons (Fsp3) is 0.364. The highest BCUT2D eigenvalue weighted by molar-refractivity contribution is 5.91. The molecular formula is C11H11NO3. The highest BCUT2D eigenvalue weighted by atomic mass is 16.6. The number of ketones is 1. The van der Waals surface area contributed by atoms with Crippen molar-refractivity contribution in [3.05, 3.63) is 39.9 Å². The van der Waals surface area contributed by atoms with Gasteiger partial charge in [-0.1, -0.05) is 12.1 Å². The van der Waals surface area contributed by atoms with Crippen LogP contribution in [0, 0.1) is 10.1 Å². The van der Waals surface area contributed by atoms with Gasteiger partial charge in [-0.25, -0.2) is 0 Å². The van der Waals surface area contributed by atoms with Gasteiger partial charge in [-0.3, -0.25) is 14.9 Å². The number of nitro groups is 1. The molecule has 2 rings (SSSR count). The molecule has 1 aromatic rings. The molecule has 0 unspecified atom stereocenters. The first kappa shape index (κ1) is 9.83. The molecule has 0 N–H and O–H groups in total. The molecule has 0 radical (unpaired) electrons. The Bertz CT molecular complexity index is 435. The van der Waals surface area contributed by atoms with Gasteiger partial charge in [0, 0.05) is 12.1 Å². The number of nitrogens with zero attached hydrogens (tertiary/aromatic N) is 1. The standard InChI is InChI=1S/C11H11NO3/c1-8(13)11(5-6-11)9-3-2-4-10(7-9)12(14)15/h2-4,7H,5-6H2,1H3. The lowest BCUT2D eigenvalue weighted by molar-refractivity contribution is -0.384. The van der Waals surface area contributed by atoms with Crippen molar-refractivity contribution in [3.8, 4) is 0 Å². The number of hydrogen-bond acceptors (Lipinski definition) is 3. The molecule has 15 heavy (non-hydrogen) atoms. The van der Waals surface area contributed by atoms with Crippen molar-refractivity contribution in [3.63, 3.8) is 0 Å². The molecule has 1 aliphatic rings. The van der Waals surface area contributed by atoms with Crippen LogP contribution in [0.5, 0.6) is 0 Å². The lowest BCUT2D eigenvalue weighted by atomic mass is 9.92. The molecule has 0 aromatic heterocycles. The zero-order valence-electron chi connectivity index (χ0n) is 8.40. The van der Waals surface area contributed by atoms with Crippen LogP contribution in [0.4, 0.5) is 5.69 Å². The van der Waals surface area contributed by atoms with Gasteiger partial charge in [0.15, 0.2) is 0 Å². The zero-order chi connectivity index (χ0) is 11.1. The summed E-state index contributed by atoms with van der Waals surface area (Å²) in [4.78, 5) is 21.6. The third kappa shape index (κ3) is 1.52. The third-order valence-corrected chi connectivity index (χ3v) is 3.03. The Labute approximate surface area is 87.1 Å². The Hall–Kier alpha value is -1.71. The summed E-state index contributed by atoms with van der Waals surface area (Å²) in [6, 6.07) is 6.38. The number of non-ortho nitro benzene ring substituents is 1. The maximum atomic E-state index is 11.4. The fourth-order valence-electron chi connectivity index (χ4n) is 1.89. The minimum absolute atomic E-state index is 0.0556. The predicted molar refractivity (Wildman–Crippen MR) is 54.7 cm³/mol. The quantitative estimate of drug-likeness (QED) is 0.561. The first-order valence-corrected chi connectivity index (χ1v) is 4.82. The molecular weight excluding hydrogens is 194 g/mol. The van der Waals surface area contributed by atoms with Crippen LogP contribution in [0.1, 0.15) is 25.3 Å². The molecule has 1 saturated carbocycles. The number of hydrogen-bond donors (Lipinski definition) is 0. The van der Waals surface area contributed by atoms with Crippen LogP contribution in [0.15, 0.2) is 24.3 Å². The Morgan fingerprint density at radius 2 is 2.13 bits per heavy atom. The molecule has 0 atom stereocenters. The highest BCUT2D eigenvalue weighted by Crippen LogP contribution is 2.49. The van der Waals surface area contributed by atoms with E-state index in [9.17, 15) is 14.9 Å². The second-order valence-electron chi connectivity index (χ2n) is 3.95. The summed E-state index contributed by atoms with van der Waals surface area (Å²) >= 11 is 0. The molecule has 4 heteroatoms. The monoisotopic (exact) mass is 205 g/mol. The van der Waals surface area contributed by atoms with Crippen LogP contribution in [-0.2, 0) is 10.2 Å². The van der Waals surface area contributed by atoms with E-state index in [0.29, 0.717) is 0 Å². The van der Waals surface area contributed by atoms with Crippen molar-refractivity contribution in [2.45, 2.75) is 25.2 Å². The minimum atomic E-state index is -0.431. The van der Waals surface area contributed by atoms with Crippen molar-refractivity contribution in [1.82, 2.24) is 0 Å². The lowest BCUT2D eigenvalue weighted by Crippen LogP contribution is -2.16. The van der Waals surface area contributed by atoms with Crippen LogP contribution >= 0.6 is 0 Å². The maximum Gasteiger partial charge on any atom is 0.269 e. The summed E-state index contributed by atoms with van der Waals surface area (Å²) in [5, 5.41) is 10.6. The molecule has 1 fully saturated rings. The van der Waals surface area contributed by atoms with E-state index in [1.807, 2.05) is 0 Å². The number of Topliss-reactive ketones (excluding diaryl/α,β-unsaturated/α-hetero) is 1. The lowest BCUT2D eigenvalue weighted by Gasteiger charge is -2.10. The van der Waals surface area contributed by atoms with Crippen LogP contribution in [0.2, 0.25) is 0 Å². The molecule has 1 aliphatic carbocycles. The Kier molecular flexibility index (Phi) is 2.07. The molecule has 0 amide bonds. The molecule has 0 aliphatic heterocycles. The Balaban J connectivity index is 2.42. The van der Waals surface area contributed by atoms with Crippen molar-refractivity contribution in [1.29, 1.82) is 0 Å². The van der Waals surface area contributed by atoms with E-state index < -0.39 is 10.3 Å². The van der Waals surface area contributed by atoms with Gasteiger partial charge >= 0.3 is 0 Å². The maximum absolute atomic E-state index is 11.4. The Morgan fingerprint density at radius 3 is 2.60 bits per heavy atom. The van der Waals surface area contributed by atoms with Crippen LogP contribution in [0.3, 0.4) is 0 Å². The van der Waals surface area contributed by atoms with E-state index in [4.69, 9.17) is 0 Å². The highest BCUT2D eigenvalue weighted by Gasteiger charge is 2.49. The van der Waals surface area contributed by atoms with E-state index in [1.54, 1.807) is 19.1 Å². The summed E-state index contributed by atoms with van der Waals surface area (Å²) in [6.07, 6.45) is 1.62. The van der Waals surface area contributed by atoms with Gasteiger partial charge in [-0.15, -0.1) is 0 Å². The average Bonchev–Trinajstić information content (AvgIpc) is 2.98. The zero-order valence-corrected chi connectivity index (χ0v) is 8.40. The summed E-state index contributed by atoms with van der Waals surface area (Å²) in [7, 11) is 0. The molecule has 4 nitrogen and oxygen atoms in total. The van der Waals surface area contributed by atoms with Crippen molar-refractivity contribution >= 4 is 11.5 Å². The van der Waals surface area contributed by atoms with Gasteiger partial charge < -0.3 is 0 Å². The number of rotatable bonds is 3. The van der Waals surface area contributed by atoms with Crippen molar-refractivity contribution < 1.29 is 9.72 Å². The van der Waals surface area contributed by atoms with Crippen molar-refractivity contribution in [2.24, 2.45) is 0 Å². The number of nitro benzene ring substituents is 1. The smallest absolute Gasteiger partial charge is 0.269 e. The molecule has 1 aromatic carbocycles.